The summed E-state index contributed by atoms with van der Waals surface area (Å²) >= 11 is 0. The van der Waals surface area contributed by atoms with E-state index in [2.05, 4.69) is 23.6 Å². The van der Waals surface area contributed by atoms with E-state index in [0.717, 1.165) is 37.6 Å². The average molecular weight is 291 g/mol. The minimum atomic E-state index is 0.121. The first-order valence-electron chi connectivity index (χ1n) is 7.65. The topological polar surface area (TPSA) is 47.0 Å². The van der Waals surface area contributed by atoms with Crippen LogP contribution >= 0.6 is 0 Å². The van der Waals surface area contributed by atoms with Crippen molar-refractivity contribution >= 4 is 17.3 Å². The van der Waals surface area contributed by atoms with Crippen molar-refractivity contribution in [2.45, 2.75) is 20.8 Å². The van der Waals surface area contributed by atoms with E-state index in [-0.39, 0.29) is 5.91 Å². The molecule has 0 aliphatic carbocycles. The van der Waals surface area contributed by atoms with Gasteiger partial charge in [0.05, 0.1) is 5.69 Å². The first-order chi connectivity index (χ1) is 10.1. The number of anilines is 2. The Morgan fingerprint density at radius 3 is 2.33 bits per heavy atom. The van der Waals surface area contributed by atoms with E-state index < -0.39 is 0 Å². The Morgan fingerprint density at radius 1 is 1.19 bits per heavy atom. The second-order valence-electron chi connectivity index (χ2n) is 5.34. The highest BCUT2D eigenvalue weighted by Gasteiger charge is 2.21. The van der Waals surface area contributed by atoms with Crippen LogP contribution in [0.3, 0.4) is 0 Å². The van der Waals surface area contributed by atoms with Crippen LogP contribution in [0.1, 0.15) is 20.8 Å². The summed E-state index contributed by atoms with van der Waals surface area (Å²) in [7, 11) is 0. The molecule has 0 bridgehead atoms. The normalized spacial score (nSPS) is 15.2. The van der Waals surface area contributed by atoms with Gasteiger partial charge in [0.15, 0.2) is 0 Å². The summed E-state index contributed by atoms with van der Waals surface area (Å²) in [5, 5.41) is 10.1. The van der Waals surface area contributed by atoms with Crippen molar-refractivity contribution in [1.29, 1.82) is 0 Å². The van der Waals surface area contributed by atoms with Crippen molar-refractivity contribution in [1.82, 2.24) is 4.90 Å². The summed E-state index contributed by atoms with van der Waals surface area (Å²) in [5.41, 5.74) is 1.99. The van der Waals surface area contributed by atoms with E-state index in [4.69, 9.17) is 0 Å². The van der Waals surface area contributed by atoms with Crippen molar-refractivity contribution in [2.75, 3.05) is 49.1 Å². The van der Waals surface area contributed by atoms with Crippen LogP contribution in [0.2, 0.25) is 0 Å². The van der Waals surface area contributed by atoms with Gasteiger partial charge in [-0.15, -0.1) is 0 Å². The molecule has 1 aliphatic rings. The lowest BCUT2D eigenvalue weighted by Gasteiger charge is -2.36. The highest BCUT2D eigenvalue weighted by atomic mass is 16.3. The SMILES string of the molecule is CCN(CC)c1ccc(O)c(N2CCN(C(C)=O)CC2)c1. The Bertz CT molecular complexity index is 492. The Kier molecular flexibility index (Phi) is 4.94. The Labute approximate surface area is 126 Å². The summed E-state index contributed by atoms with van der Waals surface area (Å²) < 4.78 is 0. The van der Waals surface area contributed by atoms with Gasteiger partial charge in [0.1, 0.15) is 5.75 Å². The number of carbonyl (C=O) groups excluding carboxylic acids is 1. The molecule has 116 valence electrons. The van der Waals surface area contributed by atoms with Crippen molar-refractivity contribution in [3.63, 3.8) is 0 Å². The predicted octanol–water partition coefficient (Wildman–Crippen LogP) is 1.91. The van der Waals surface area contributed by atoms with Crippen molar-refractivity contribution < 1.29 is 9.90 Å². The molecule has 1 aromatic carbocycles. The lowest BCUT2D eigenvalue weighted by Crippen LogP contribution is -2.48. The molecule has 2 rings (SSSR count). The molecular weight excluding hydrogens is 266 g/mol. The van der Waals surface area contributed by atoms with Crippen molar-refractivity contribution in [3.05, 3.63) is 18.2 Å². The van der Waals surface area contributed by atoms with Crippen LogP contribution in [0.25, 0.3) is 0 Å². The second kappa shape index (κ2) is 6.70. The fraction of sp³-hybridized carbons (Fsp3) is 0.562. The molecular formula is C16H25N3O2. The summed E-state index contributed by atoms with van der Waals surface area (Å²) in [5.74, 6) is 0.429. The molecule has 0 spiro atoms. The van der Waals surface area contributed by atoms with E-state index in [0.29, 0.717) is 18.8 Å². The number of rotatable bonds is 4. The zero-order valence-electron chi connectivity index (χ0n) is 13.2. The maximum absolute atomic E-state index is 11.4. The summed E-state index contributed by atoms with van der Waals surface area (Å²) in [6.07, 6.45) is 0. The fourth-order valence-corrected chi connectivity index (χ4v) is 2.81. The van der Waals surface area contributed by atoms with Gasteiger partial charge in [-0.1, -0.05) is 0 Å². The van der Waals surface area contributed by atoms with Gasteiger partial charge in [0, 0.05) is 51.9 Å². The smallest absolute Gasteiger partial charge is 0.219 e. The van der Waals surface area contributed by atoms with E-state index in [1.54, 1.807) is 13.0 Å². The van der Waals surface area contributed by atoms with Gasteiger partial charge in [-0.05, 0) is 32.0 Å². The van der Waals surface area contributed by atoms with Gasteiger partial charge in [0.2, 0.25) is 5.91 Å². The maximum atomic E-state index is 11.4. The number of hydrogen-bond acceptors (Lipinski definition) is 4. The van der Waals surface area contributed by atoms with Gasteiger partial charge < -0.3 is 19.8 Å². The van der Waals surface area contributed by atoms with Gasteiger partial charge in [0.25, 0.3) is 0 Å². The van der Waals surface area contributed by atoms with Gasteiger partial charge in [-0.3, -0.25) is 4.79 Å². The number of hydrogen-bond donors (Lipinski definition) is 1. The summed E-state index contributed by atoms with van der Waals surface area (Å²) in [6.45, 7) is 10.7. The third kappa shape index (κ3) is 3.40. The van der Waals surface area contributed by atoms with E-state index in [1.165, 1.54) is 0 Å². The molecule has 1 aliphatic heterocycles. The van der Waals surface area contributed by atoms with Crippen LogP contribution in [0.15, 0.2) is 18.2 Å². The number of benzene rings is 1. The number of carbonyl (C=O) groups is 1. The molecule has 1 amide bonds. The standard InChI is InChI=1S/C16H25N3O2/c1-4-17(5-2)14-6-7-16(21)15(12-14)19-10-8-18(9-11-19)13(3)20/h6-7,12,21H,4-5,8-11H2,1-3H3. The molecule has 0 unspecified atom stereocenters. The van der Waals surface area contributed by atoms with Crippen molar-refractivity contribution in [3.8, 4) is 5.75 Å². The number of piperazine rings is 1. The number of phenols is 1. The van der Waals surface area contributed by atoms with Gasteiger partial charge in [-0.25, -0.2) is 0 Å². The zero-order chi connectivity index (χ0) is 15.4. The molecule has 0 aromatic heterocycles. The molecule has 1 fully saturated rings. The third-order valence-corrected chi connectivity index (χ3v) is 4.15. The molecule has 0 saturated carbocycles. The summed E-state index contributed by atoms with van der Waals surface area (Å²) in [4.78, 5) is 17.6. The number of phenolic OH excluding ortho intramolecular Hbond substituents is 1. The minimum Gasteiger partial charge on any atom is -0.506 e. The molecule has 1 N–H and O–H groups in total. The Hall–Kier alpha value is -1.91. The van der Waals surface area contributed by atoms with Crippen LogP contribution in [0.4, 0.5) is 11.4 Å². The van der Waals surface area contributed by atoms with Crippen molar-refractivity contribution in [2.24, 2.45) is 0 Å². The van der Waals surface area contributed by atoms with Crippen LogP contribution < -0.4 is 9.80 Å². The number of amides is 1. The molecule has 5 nitrogen and oxygen atoms in total. The quantitative estimate of drug-likeness (QED) is 0.920. The van der Waals surface area contributed by atoms with Crippen LogP contribution in [-0.2, 0) is 4.79 Å². The lowest BCUT2D eigenvalue weighted by molar-refractivity contribution is -0.129. The first-order valence-corrected chi connectivity index (χ1v) is 7.65. The first kappa shape index (κ1) is 15.5. The van der Waals surface area contributed by atoms with Gasteiger partial charge in [-0.2, -0.15) is 0 Å². The molecule has 0 atom stereocenters. The molecule has 1 heterocycles. The Balaban J connectivity index is 2.16. The average Bonchev–Trinajstić information content (AvgIpc) is 2.50. The van der Waals surface area contributed by atoms with Crippen LogP contribution in [-0.4, -0.2) is 55.2 Å². The van der Waals surface area contributed by atoms with E-state index in [9.17, 15) is 9.90 Å². The maximum Gasteiger partial charge on any atom is 0.219 e. The number of aromatic hydroxyl groups is 1. The van der Waals surface area contributed by atoms with E-state index in [1.807, 2.05) is 17.0 Å². The number of nitrogens with zero attached hydrogens (tertiary/aromatic N) is 3. The zero-order valence-corrected chi connectivity index (χ0v) is 13.2. The predicted molar refractivity (Wildman–Crippen MR) is 86.1 cm³/mol. The summed E-state index contributed by atoms with van der Waals surface area (Å²) in [6, 6.07) is 5.77. The highest BCUT2D eigenvalue weighted by molar-refractivity contribution is 5.74. The lowest BCUT2D eigenvalue weighted by atomic mass is 10.2. The largest absolute Gasteiger partial charge is 0.506 e. The van der Waals surface area contributed by atoms with Gasteiger partial charge >= 0.3 is 0 Å². The molecule has 1 aromatic rings. The molecule has 5 heteroatoms. The molecule has 0 radical (unpaired) electrons. The molecule has 1 saturated heterocycles. The third-order valence-electron chi connectivity index (χ3n) is 4.15. The second-order valence-corrected chi connectivity index (χ2v) is 5.34. The molecule has 21 heavy (non-hydrogen) atoms. The fourth-order valence-electron chi connectivity index (χ4n) is 2.81. The Morgan fingerprint density at radius 2 is 1.81 bits per heavy atom. The highest BCUT2D eigenvalue weighted by Crippen LogP contribution is 2.32. The monoisotopic (exact) mass is 291 g/mol. The van der Waals surface area contributed by atoms with Crippen LogP contribution in [0, 0.1) is 0 Å². The van der Waals surface area contributed by atoms with E-state index >= 15 is 0 Å². The minimum absolute atomic E-state index is 0.121. The van der Waals surface area contributed by atoms with Crippen LogP contribution in [0.5, 0.6) is 5.75 Å².